The number of rotatable bonds is 8. The lowest BCUT2D eigenvalue weighted by molar-refractivity contribution is 0.351. The lowest BCUT2D eigenvalue weighted by Crippen LogP contribution is -2.08. The van der Waals surface area contributed by atoms with Crippen LogP contribution in [0.1, 0.15) is 20.3 Å². The summed E-state index contributed by atoms with van der Waals surface area (Å²) in [6.45, 7) is 15.7. The highest BCUT2D eigenvalue weighted by atomic mass is 16.5. The van der Waals surface area contributed by atoms with Crippen molar-refractivity contribution in [2.75, 3.05) is 6.61 Å². The fourth-order valence-corrected chi connectivity index (χ4v) is 1.23. The zero-order valence-electron chi connectivity index (χ0n) is 11.9. The van der Waals surface area contributed by atoms with Crippen LogP contribution in [0.5, 0.6) is 0 Å². The van der Waals surface area contributed by atoms with Gasteiger partial charge in [0.25, 0.3) is 0 Å². The van der Waals surface area contributed by atoms with Crippen LogP contribution in [0.25, 0.3) is 0 Å². The van der Waals surface area contributed by atoms with E-state index < -0.39 is 0 Å². The molecule has 0 amide bonds. The monoisotopic (exact) mass is 257 g/mol. The number of nitrogens with zero attached hydrogens (tertiary/aromatic N) is 1. The van der Waals surface area contributed by atoms with E-state index in [4.69, 9.17) is 4.74 Å². The zero-order valence-corrected chi connectivity index (χ0v) is 11.9. The molecule has 102 valence electrons. The molecule has 0 unspecified atom stereocenters. The Labute approximate surface area is 116 Å². The van der Waals surface area contributed by atoms with E-state index in [-0.39, 0.29) is 0 Å². The molecule has 0 spiro atoms. The van der Waals surface area contributed by atoms with E-state index in [9.17, 15) is 0 Å². The molecular formula is C17H23NO. The molecule has 0 atom stereocenters. The summed E-state index contributed by atoms with van der Waals surface area (Å²) in [6.07, 6.45) is 13.8. The van der Waals surface area contributed by atoms with Gasteiger partial charge in [0.1, 0.15) is 6.61 Å². The van der Waals surface area contributed by atoms with Crippen molar-refractivity contribution in [2.24, 2.45) is 4.99 Å². The van der Waals surface area contributed by atoms with Gasteiger partial charge in [-0.3, -0.25) is 0 Å². The Kier molecular flexibility index (Phi) is 9.81. The van der Waals surface area contributed by atoms with Crippen molar-refractivity contribution in [3.05, 3.63) is 73.5 Å². The predicted molar refractivity (Wildman–Crippen MR) is 85.2 cm³/mol. The van der Waals surface area contributed by atoms with Gasteiger partial charge in [-0.15, -0.1) is 6.58 Å². The summed E-state index contributed by atoms with van der Waals surface area (Å²) in [7, 11) is 0. The average Bonchev–Trinajstić information content (AvgIpc) is 2.39. The van der Waals surface area contributed by atoms with Crippen molar-refractivity contribution >= 4 is 5.90 Å². The third kappa shape index (κ3) is 7.77. The molecule has 0 aromatic carbocycles. The molecule has 0 aliphatic rings. The van der Waals surface area contributed by atoms with Crippen LogP contribution in [0.15, 0.2) is 78.5 Å². The topological polar surface area (TPSA) is 21.6 Å². The van der Waals surface area contributed by atoms with Gasteiger partial charge in [0.2, 0.25) is 5.90 Å². The van der Waals surface area contributed by atoms with E-state index in [2.05, 4.69) is 24.7 Å². The van der Waals surface area contributed by atoms with Crippen molar-refractivity contribution in [3.8, 4) is 0 Å². The lowest BCUT2D eigenvalue weighted by atomic mass is 10.2. The average molecular weight is 257 g/mol. The van der Waals surface area contributed by atoms with Crippen LogP contribution in [0.2, 0.25) is 0 Å². The maximum atomic E-state index is 5.64. The molecule has 2 nitrogen and oxygen atoms in total. The second kappa shape index (κ2) is 11.0. The van der Waals surface area contributed by atoms with Gasteiger partial charge >= 0.3 is 0 Å². The van der Waals surface area contributed by atoms with Gasteiger partial charge < -0.3 is 4.74 Å². The Bertz CT molecular complexity index is 423. The van der Waals surface area contributed by atoms with E-state index >= 15 is 0 Å². The molecule has 0 heterocycles. The van der Waals surface area contributed by atoms with Gasteiger partial charge in [0.05, 0.1) is 5.70 Å². The molecule has 2 heteroatoms. The third-order valence-electron chi connectivity index (χ3n) is 2.13. The molecule has 0 aromatic rings. The van der Waals surface area contributed by atoms with Crippen LogP contribution in [0.3, 0.4) is 0 Å². The van der Waals surface area contributed by atoms with Crippen molar-refractivity contribution in [3.63, 3.8) is 0 Å². The van der Waals surface area contributed by atoms with Crippen LogP contribution in [0.4, 0.5) is 0 Å². The number of allylic oxidation sites excluding steroid dienone is 5. The summed E-state index contributed by atoms with van der Waals surface area (Å²) in [5.41, 5.74) is 1.49. The van der Waals surface area contributed by atoms with Gasteiger partial charge in [-0.25, -0.2) is 4.99 Å². The van der Waals surface area contributed by atoms with E-state index in [1.165, 1.54) is 0 Å². The number of ether oxygens (including phenoxy) is 1. The Hall–Kier alpha value is -2.09. The smallest absolute Gasteiger partial charge is 0.221 e. The highest BCUT2D eigenvalue weighted by Crippen LogP contribution is 2.08. The fourth-order valence-electron chi connectivity index (χ4n) is 1.23. The van der Waals surface area contributed by atoms with Crippen LogP contribution < -0.4 is 0 Å². The van der Waals surface area contributed by atoms with E-state index in [1.54, 1.807) is 6.08 Å². The first kappa shape index (κ1) is 16.9. The minimum Gasteiger partial charge on any atom is -0.473 e. The highest BCUT2D eigenvalue weighted by Gasteiger charge is 2.04. The van der Waals surface area contributed by atoms with Crippen LogP contribution in [-0.2, 0) is 4.74 Å². The largest absolute Gasteiger partial charge is 0.473 e. The molecule has 0 N–H and O–H groups in total. The summed E-state index contributed by atoms with van der Waals surface area (Å²) < 4.78 is 5.64. The second-order valence-corrected chi connectivity index (χ2v) is 3.68. The maximum Gasteiger partial charge on any atom is 0.221 e. The molecule has 0 bridgehead atoms. The number of hydrogen-bond acceptors (Lipinski definition) is 2. The van der Waals surface area contributed by atoms with Crippen LogP contribution >= 0.6 is 0 Å². The number of hydrogen-bond donors (Lipinski definition) is 0. The molecular weight excluding hydrogens is 234 g/mol. The molecule has 0 aromatic heterocycles. The second-order valence-electron chi connectivity index (χ2n) is 3.68. The predicted octanol–water partition coefficient (Wildman–Crippen LogP) is 4.76. The molecule has 0 rings (SSSR count). The van der Waals surface area contributed by atoms with E-state index in [1.807, 2.05) is 50.3 Å². The van der Waals surface area contributed by atoms with E-state index in [0.717, 1.165) is 12.0 Å². The van der Waals surface area contributed by atoms with Gasteiger partial charge in [0, 0.05) is 5.57 Å². The Morgan fingerprint density at radius 3 is 2.47 bits per heavy atom. The minimum absolute atomic E-state index is 0.470. The van der Waals surface area contributed by atoms with Crippen LogP contribution in [-0.4, -0.2) is 12.5 Å². The minimum atomic E-state index is 0.470. The summed E-state index contributed by atoms with van der Waals surface area (Å²) >= 11 is 0. The molecule has 0 radical (unpaired) electrons. The maximum absolute atomic E-state index is 5.64. The molecule has 0 aliphatic heterocycles. The van der Waals surface area contributed by atoms with Crippen molar-refractivity contribution in [1.29, 1.82) is 0 Å². The molecule has 0 saturated carbocycles. The van der Waals surface area contributed by atoms with Gasteiger partial charge in [-0.2, -0.15) is 0 Å². The molecule has 0 saturated heterocycles. The van der Waals surface area contributed by atoms with E-state index in [0.29, 0.717) is 18.2 Å². The zero-order chi connectivity index (χ0) is 14.5. The summed E-state index contributed by atoms with van der Waals surface area (Å²) in [6, 6.07) is 0. The summed E-state index contributed by atoms with van der Waals surface area (Å²) in [5, 5.41) is 0. The first-order valence-electron chi connectivity index (χ1n) is 6.27. The SMILES string of the molecule is C=CC/C=C(C=C)/C(=N/C(=C)/C=C\C)OC/C=C\C. The lowest BCUT2D eigenvalue weighted by Gasteiger charge is -2.08. The van der Waals surface area contributed by atoms with Crippen molar-refractivity contribution in [1.82, 2.24) is 0 Å². The quantitative estimate of drug-likeness (QED) is 0.266. The normalized spacial score (nSPS) is 12.9. The molecule has 19 heavy (non-hydrogen) atoms. The van der Waals surface area contributed by atoms with Gasteiger partial charge in [-0.1, -0.05) is 49.6 Å². The van der Waals surface area contributed by atoms with Crippen molar-refractivity contribution in [2.45, 2.75) is 20.3 Å². The Morgan fingerprint density at radius 2 is 1.95 bits per heavy atom. The Morgan fingerprint density at radius 1 is 1.21 bits per heavy atom. The molecule has 0 fully saturated rings. The fraction of sp³-hybridized carbons (Fsp3) is 0.235. The van der Waals surface area contributed by atoms with Gasteiger partial charge in [-0.05, 0) is 26.3 Å². The molecule has 0 aliphatic carbocycles. The highest BCUT2D eigenvalue weighted by molar-refractivity contribution is 5.97. The van der Waals surface area contributed by atoms with Crippen LogP contribution in [0, 0.1) is 0 Å². The summed E-state index contributed by atoms with van der Waals surface area (Å²) in [4.78, 5) is 4.37. The van der Waals surface area contributed by atoms with Gasteiger partial charge in [0.15, 0.2) is 0 Å². The number of aliphatic imine (C=N–C) groups is 1. The first-order chi connectivity index (χ1) is 9.19. The standard InChI is InChI=1S/C17H23NO/c1-6-10-13-16(9-4)17(19-14-11-7-2)18-15(5)12-8-3/h6-9,11-13H,1,4-5,10,14H2,2-3H3/b11-7-,12-8-,16-13+,18-17-. The summed E-state index contributed by atoms with van der Waals surface area (Å²) in [5.74, 6) is 0.526. The Balaban J connectivity index is 5.16. The third-order valence-corrected chi connectivity index (χ3v) is 2.13. The first-order valence-corrected chi connectivity index (χ1v) is 6.27. The van der Waals surface area contributed by atoms with Crippen molar-refractivity contribution < 1.29 is 4.74 Å².